The number of fused-ring (bicyclic) bond motifs is 1. The van der Waals surface area contributed by atoms with E-state index in [-0.39, 0.29) is 11.8 Å². The molecule has 3 heterocycles. The fraction of sp³-hybridized carbons (Fsp3) is 0.375. The summed E-state index contributed by atoms with van der Waals surface area (Å²) in [7, 11) is 1.65. The van der Waals surface area contributed by atoms with E-state index >= 15 is 0 Å². The Labute approximate surface area is 180 Å². The molecular weight excluding hydrogens is 394 g/mol. The van der Waals surface area contributed by atoms with Gasteiger partial charge in [0, 0.05) is 31.8 Å². The highest BCUT2D eigenvalue weighted by molar-refractivity contribution is 5.94. The minimum atomic E-state index is -0.526. The van der Waals surface area contributed by atoms with E-state index in [1.54, 1.807) is 7.11 Å². The van der Waals surface area contributed by atoms with Crippen molar-refractivity contribution in [3.05, 3.63) is 60.0 Å². The number of amides is 1. The highest BCUT2D eigenvalue weighted by Gasteiger charge is 2.34. The topological polar surface area (TPSA) is 77.2 Å². The molecule has 0 saturated carbocycles. The van der Waals surface area contributed by atoms with Crippen molar-refractivity contribution < 1.29 is 18.8 Å². The van der Waals surface area contributed by atoms with Gasteiger partial charge in [0.1, 0.15) is 11.3 Å². The third-order valence-electron chi connectivity index (χ3n) is 6.01. The summed E-state index contributed by atoms with van der Waals surface area (Å²) in [4.78, 5) is 25.0. The first-order valence-electron chi connectivity index (χ1n) is 10.7. The highest BCUT2D eigenvalue weighted by atomic mass is 16.6. The van der Waals surface area contributed by atoms with E-state index < -0.39 is 6.10 Å². The SMILES string of the molecule is COc1cccc(CC2=NO[C@H](C(=O)N3CCC(c4nc5ccccc5o4)CC3)C2)c1. The summed E-state index contributed by atoms with van der Waals surface area (Å²) >= 11 is 0. The molecule has 1 atom stereocenters. The molecule has 0 unspecified atom stereocenters. The van der Waals surface area contributed by atoms with Crippen molar-refractivity contribution in [3.8, 4) is 5.75 Å². The minimum Gasteiger partial charge on any atom is -0.497 e. The van der Waals surface area contributed by atoms with Gasteiger partial charge in [0.25, 0.3) is 5.91 Å². The molecule has 7 nitrogen and oxygen atoms in total. The molecule has 2 aliphatic rings. The molecule has 1 amide bonds. The lowest BCUT2D eigenvalue weighted by atomic mass is 9.96. The standard InChI is InChI=1S/C24H25N3O4/c1-29-19-6-4-5-16(14-19)13-18-15-22(31-26-18)24(28)27-11-9-17(10-12-27)23-25-20-7-2-3-8-21(20)30-23/h2-8,14,17,22H,9-13,15H2,1H3/t22-/m0/s1. The number of ether oxygens (including phenoxy) is 1. The zero-order valence-electron chi connectivity index (χ0n) is 17.5. The number of hydrogen-bond donors (Lipinski definition) is 0. The van der Waals surface area contributed by atoms with Gasteiger partial charge >= 0.3 is 0 Å². The molecule has 7 heteroatoms. The maximum absolute atomic E-state index is 13.0. The average Bonchev–Trinajstić information content (AvgIpc) is 3.46. The average molecular weight is 419 g/mol. The van der Waals surface area contributed by atoms with Crippen LogP contribution < -0.4 is 4.74 Å². The second kappa shape index (κ2) is 8.41. The van der Waals surface area contributed by atoms with Gasteiger partial charge in [0.2, 0.25) is 6.10 Å². The van der Waals surface area contributed by atoms with E-state index in [2.05, 4.69) is 10.1 Å². The maximum atomic E-state index is 13.0. The second-order valence-corrected chi connectivity index (χ2v) is 8.10. The van der Waals surface area contributed by atoms with Crippen molar-refractivity contribution in [1.82, 2.24) is 9.88 Å². The summed E-state index contributed by atoms with van der Waals surface area (Å²) < 4.78 is 11.2. The van der Waals surface area contributed by atoms with Gasteiger partial charge in [-0.25, -0.2) is 4.98 Å². The summed E-state index contributed by atoms with van der Waals surface area (Å²) in [6, 6.07) is 15.7. The molecule has 0 radical (unpaired) electrons. The fourth-order valence-corrected chi connectivity index (χ4v) is 4.30. The summed E-state index contributed by atoms with van der Waals surface area (Å²) in [6.45, 7) is 1.35. The summed E-state index contributed by atoms with van der Waals surface area (Å²) in [5.74, 6) is 1.84. The molecule has 160 valence electrons. The van der Waals surface area contributed by atoms with Crippen LogP contribution >= 0.6 is 0 Å². The van der Waals surface area contributed by atoms with Crippen LogP contribution in [0.25, 0.3) is 11.1 Å². The predicted octanol–water partition coefficient (Wildman–Crippen LogP) is 3.93. The van der Waals surface area contributed by atoms with Crippen LogP contribution in [-0.2, 0) is 16.1 Å². The number of nitrogens with zero attached hydrogens (tertiary/aromatic N) is 3. The van der Waals surface area contributed by atoms with Crippen molar-refractivity contribution in [2.45, 2.75) is 37.7 Å². The first-order valence-corrected chi connectivity index (χ1v) is 10.7. The number of piperidine rings is 1. The fourth-order valence-electron chi connectivity index (χ4n) is 4.30. The Morgan fingerprint density at radius 3 is 2.81 bits per heavy atom. The van der Waals surface area contributed by atoms with Crippen LogP contribution in [0.3, 0.4) is 0 Å². The van der Waals surface area contributed by atoms with Gasteiger partial charge in [-0.1, -0.05) is 29.4 Å². The van der Waals surface area contributed by atoms with Gasteiger partial charge in [-0.3, -0.25) is 4.79 Å². The van der Waals surface area contributed by atoms with Crippen molar-refractivity contribution in [2.75, 3.05) is 20.2 Å². The van der Waals surface area contributed by atoms with Crippen molar-refractivity contribution in [1.29, 1.82) is 0 Å². The van der Waals surface area contributed by atoms with Gasteiger partial charge < -0.3 is 18.9 Å². The first-order chi connectivity index (χ1) is 15.2. The van der Waals surface area contributed by atoms with Crippen LogP contribution in [0.2, 0.25) is 0 Å². The molecule has 1 saturated heterocycles. The quantitative estimate of drug-likeness (QED) is 0.626. The number of carbonyl (C=O) groups is 1. The number of benzene rings is 2. The number of para-hydroxylation sites is 2. The lowest BCUT2D eigenvalue weighted by Gasteiger charge is -2.31. The van der Waals surface area contributed by atoms with E-state index in [1.165, 1.54) is 0 Å². The largest absolute Gasteiger partial charge is 0.497 e. The van der Waals surface area contributed by atoms with E-state index in [0.717, 1.165) is 46.9 Å². The molecule has 1 fully saturated rings. The van der Waals surface area contributed by atoms with Gasteiger partial charge in [0.05, 0.1) is 12.8 Å². The monoisotopic (exact) mass is 419 g/mol. The number of oxime groups is 1. The lowest BCUT2D eigenvalue weighted by molar-refractivity contribution is -0.143. The third-order valence-corrected chi connectivity index (χ3v) is 6.01. The zero-order chi connectivity index (χ0) is 21.2. The molecule has 0 N–H and O–H groups in total. The van der Waals surface area contributed by atoms with Crippen LogP contribution in [0.4, 0.5) is 0 Å². The van der Waals surface area contributed by atoms with Gasteiger partial charge in [-0.05, 0) is 42.7 Å². The molecule has 0 spiro atoms. The molecule has 5 rings (SSSR count). The van der Waals surface area contributed by atoms with Crippen molar-refractivity contribution >= 4 is 22.7 Å². The van der Waals surface area contributed by atoms with Crippen LogP contribution in [0.15, 0.2) is 58.1 Å². The predicted molar refractivity (Wildman–Crippen MR) is 116 cm³/mol. The lowest BCUT2D eigenvalue weighted by Crippen LogP contribution is -2.43. The number of methoxy groups -OCH3 is 1. The number of likely N-dealkylation sites (tertiary alicyclic amines) is 1. The normalized spacial score (nSPS) is 19.3. The van der Waals surface area contributed by atoms with E-state index in [9.17, 15) is 4.79 Å². The summed E-state index contributed by atoms with van der Waals surface area (Å²) in [5.41, 5.74) is 3.68. The van der Waals surface area contributed by atoms with E-state index in [0.29, 0.717) is 25.9 Å². The number of oxazole rings is 1. The Morgan fingerprint density at radius 2 is 2.00 bits per heavy atom. The smallest absolute Gasteiger partial charge is 0.266 e. The molecular formula is C24H25N3O4. The minimum absolute atomic E-state index is 0.0143. The second-order valence-electron chi connectivity index (χ2n) is 8.10. The van der Waals surface area contributed by atoms with Crippen molar-refractivity contribution in [3.63, 3.8) is 0 Å². The molecule has 31 heavy (non-hydrogen) atoms. The van der Waals surface area contributed by atoms with Gasteiger partial charge in [-0.15, -0.1) is 0 Å². The number of aromatic nitrogens is 1. The Kier molecular flexibility index (Phi) is 5.32. The van der Waals surface area contributed by atoms with Gasteiger partial charge in [0.15, 0.2) is 11.5 Å². The molecule has 2 aliphatic heterocycles. The van der Waals surface area contributed by atoms with E-state index in [4.69, 9.17) is 14.0 Å². The Balaban J connectivity index is 1.15. The van der Waals surface area contributed by atoms with Crippen LogP contribution in [0.1, 0.15) is 36.6 Å². The summed E-state index contributed by atoms with van der Waals surface area (Å²) in [6.07, 6.45) is 2.33. The number of carbonyl (C=O) groups excluding carboxylic acids is 1. The zero-order valence-corrected chi connectivity index (χ0v) is 17.5. The number of hydrogen-bond acceptors (Lipinski definition) is 6. The number of rotatable bonds is 5. The molecule has 3 aromatic rings. The highest BCUT2D eigenvalue weighted by Crippen LogP contribution is 2.30. The molecule has 0 aliphatic carbocycles. The molecule has 2 aromatic carbocycles. The summed E-state index contributed by atoms with van der Waals surface area (Å²) in [5, 5.41) is 4.17. The Morgan fingerprint density at radius 1 is 1.16 bits per heavy atom. The Bertz CT molecular complexity index is 1080. The molecule has 1 aromatic heterocycles. The maximum Gasteiger partial charge on any atom is 0.266 e. The first kappa shape index (κ1) is 19.6. The van der Waals surface area contributed by atoms with Crippen molar-refractivity contribution in [2.24, 2.45) is 5.16 Å². The van der Waals surface area contributed by atoms with E-state index in [1.807, 2.05) is 53.4 Å². The Hall–Kier alpha value is -3.35. The van der Waals surface area contributed by atoms with Crippen LogP contribution in [-0.4, -0.2) is 47.8 Å². The van der Waals surface area contributed by atoms with Gasteiger partial charge in [-0.2, -0.15) is 0 Å². The van der Waals surface area contributed by atoms with Crippen LogP contribution in [0.5, 0.6) is 5.75 Å². The molecule has 0 bridgehead atoms. The third kappa shape index (κ3) is 4.13. The van der Waals surface area contributed by atoms with Crippen LogP contribution in [0, 0.1) is 0 Å².